The summed E-state index contributed by atoms with van der Waals surface area (Å²) in [5.41, 5.74) is 0.115. The SMILES string of the molecule is CCc1cnc(CN2CCCC(n3ccc(C(=O)O)n3)C2)s1. The lowest BCUT2D eigenvalue weighted by Gasteiger charge is -2.32. The molecular formula is C15H20N4O2S. The number of hydrogen-bond donors (Lipinski definition) is 1. The molecule has 0 aliphatic carbocycles. The minimum atomic E-state index is -0.971. The molecule has 1 aliphatic rings. The molecule has 1 aliphatic heterocycles. The van der Waals surface area contributed by atoms with E-state index in [0.29, 0.717) is 0 Å². The predicted molar refractivity (Wildman–Crippen MR) is 84.2 cm³/mol. The molecule has 1 unspecified atom stereocenters. The first-order chi connectivity index (χ1) is 10.7. The Kier molecular flexibility index (Phi) is 4.54. The van der Waals surface area contributed by atoms with E-state index in [1.165, 1.54) is 4.88 Å². The Bertz CT molecular complexity index is 652. The van der Waals surface area contributed by atoms with Crippen LogP contribution in [0.25, 0.3) is 0 Å². The molecule has 1 N–H and O–H groups in total. The Balaban J connectivity index is 1.64. The highest BCUT2D eigenvalue weighted by Crippen LogP contribution is 2.24. The summed E-state index contributed by atoms with van der Waals surface area (Å²) in [6.45, 7) is 4.96. The van der Waals surface area contributed by atoms with Crippen LogP contribution >= 0.6 is 11.3 Å². The second kappa shape index (κ2) is 6.58. The van der Waals surface area contributed by atoms with Crippen LogP contribution in [-0.2, 0) is 13.0 Å². The first kappa shape index (κ1) is 15.2. The fraction of sp³-hybridized carbons (Fsp3) is 0.533. The van der Waals surface area contributed by atoms with Crippen LogP contribution in [0.2, 0.25) is 0 Å². The van der Waals surface area contributed by atoms with Crippen LogP contribution in [0.3, 0.4) is 0 Å². The van der Waals surface area contributed by atoms with Crippen molar-refractivity contribution in [1.29, 1.82) is 0 Å². The van der Waals surface area contributed by atoms with Crippen molar-refractivity contribution >= 4 is 17.3 Å². The van der Waals surface area contributed by atoms with Crippen molar-refractivity contribution in [3.05, 3.63) is 34.0 Å². The minimum Gasteiger partial charge on any atom is -0.476 e. The third-order valence-corrected chi connectivity index (χ3v) is 5.12. The Hall–Kier alpha value is -1.73. The van der Waals surface area contributed by atoms with Gasteiger partial charge in [-0.2, -0.15) is 5.10 Å². The number of carboxylic acids is 1. The number of aryl methyl sites for hydroxylation is 1. The maximum Gasteiger partial charge on any atom is 0.356 e. The van der Waals surface area contributed by atoms with Gasteiger partial charge in [0.25, 0.3) is 0 Å². The van der Waals surface area contributed by atoms with E-state index in [4.69, 9.17) is 5.11 Å². The molecule has 0 bridgehead atoms. The van der Waals surface area contributed by atoms with Crippen molar-refractivity contribution in [3.63, 3.8) is 0 Å². The van der Waals surface area contributed by atoms with Gasteiger partial charge in [-0.25, -0.2) is 9.78 Å². The number of aromatic carboxylic acids is 1. The highest BCUT2D eigenvalue weighted by Gasteiger charge is 2.23. The van der Waals surface area contributed by atoms with Gasteiger partial charge in [-0.05, 0) is 31.9 Å². The third kappa shape index (κ3) is 3.36. The summed E-state index contributed by atoms with van der Waals surface area (Å²) in [4.78, 5) is 19.1. The first-order valence-corrected chi connectivity index (χ1v) is 8.41. The van der Waals surface area contributed by atoms with Crippen molar-refractivity contribution in [2.45, 2.75) is 38.8 Å². The highest BCUT2D eigenvalue weighted by atomic mass is 32.1. The Morgan fingerprint density at radius 2 is 2.41 bits per heavy atom. The van der Waals surface area contributed by atoms with Gasteiger partial charge in [-0.1, -0.05) is 6.92 Å². The number of hydrogen-bond acceptors (Lipinski definition) is 5. The maximum absolute atomic E-state index is 10.9. The number of carboxylic acid groups (broad SMARTS) is 1. The van der Waals surface area contributed by atoms with Crippen LogP contribution in [0.1, 0.15) is 46.2 Å². The van der Waals surface area contributed by atoms with E-state index < -0.39 is 5.97 Å². The Labute approximate surface area is 133 Å². The van der Waals surface area contributed by atoms with Gasteiger partial charge in [-0.15, -0.1) is 11.3 Å². The van der Waals surface area contributed by atoms with Crippen LogP contribution in [0.15, 0.2) is 18.5 Å². The number of nitrogens with zero attached hydrogens (tertiary/aromatic N) is 4. The van der Waals surface area contributed by atoms with Crippen LogP contribution in [0, 0.1) is 0 Å². The largest absolute Gasteiger partial charge is 0.476 e. The van der Waals surface area contributed by atoms with Crippen LogP contribution in [0.4, 0.5) is 0 Å². The molecule has 0 aromatic carbocycles. The Morgan fingerprint density at radius 1 is 1.55 bits per heavy atom. The lowest BCUT2D eigenvalue weighted by molar-refractivity contribution is 0.0688. The number of carbonyl (C=O) groups is 1. The van der Waals surface area contributed by atoms with Gasteiger partial charge >= 0.3 is 5.97 Å². The van der Waals surface area contributed by atoms with Gasteiger partial charge < -0.3 is 5.11 Å². The molecule has 1 fully saturated rings. The van der Waals surface area contributed by atoms with E-state index in [0.717, 1.165) is 43.9 Å². The van der Waals surface area contributed by atoms with E-state index in [-0.39, 0.29) is 11.7 Å². The van der Waals surface area contributed by atoms with Crippen molar-refractivity contribution < 1.29 is 9.90 Å². The van der Waals surface area contributed by atoms with Gasteiger partial charge in [0.05, 0.1) is 12.6 Å². The lowest BCUT2D eigenvalue weighted by atomic mass is 10.1. The number of aromatic nitrogens is 3. The summed E-state index contributed by atoms with van der Waals surface area (Å²) in [6.07, 6.45) is 6.91. The summed E-state index contributed by atoms with van der Waals surface area (Å²) in [7, 11) is 0. The molecule has 3 heterocycles. The number of likely N-dealkylation sites (tertiary alicyclic amines) is 1. The zero-order valence-corrected chi connectivity index (χ0v) is 13.4. The van der Waals surface area contributed by atoms with E-state index in [1.807, 2.05) is 6.20 Å². The standard InChI is InChI=1S/C15H20N4O2S/c1-2-12-8-16-14(22-12)10-18-6-3-4-11(9-18)19-7-5-13(17-19)15(20)21/h5,7-8,11H,2-4,6,9-10H2,1H3,(H,20,21). The van der Waals surface area contributed by atoms with E-state index in [9.17, 15) is 4.79 Å². The third-order valence-electron chi connectivity index (χ3n) is 3.99. The molecule has 7 heteroatoms. The van der Waals surface area contributed by atoms with Crippen LogP contribution < -0.4 is 0 Å². The van der Waals surface area contributed by atoms with Crippen molar-refractivity contribution in [2.75, 3.05) is 13.1 Å². The van der Waals surface area contributed by atoms with Gasteiger partial charge in [0.15, 0.2) is 5.69 Å². The number of rotatable bonds is 5. The van der Waals surface area contributed by atoms with E-state index >= 15 is 0 Å². The molecule has 0 saturated carbocycles. The molecule has 2 aromatic heterocycles. The summed E-state index contributed by atoms with van der Waals surface area (Å²) < 4.78 is 1.80. The summed E-state index contributed by atoms with van der Waals surface area (Å²) in [6, 6.07) is 1.81. The lowest BCUT2D eigenvalue weighted by Crippen LogP contribution is -2.36. The number of thiazole rings is 1. The maximum atomic E-state index is 10.9. The van der Waals surface area contributed by atoms with Crippen molar-refractivity contribution in [2.24, 2.45) is 0 Å². The molecule has 0 amide bonds. The fourth-order valence-corrected chi connectivity index (χ4v) is 3.73. The molecule has 118 valence electrons. The summed E-state index contributed by atoms with van der Waals surface area (Å²) >= 11 is 1.78. The average molecular weight is 320 g/mol. The highest BCUT2D eigenvalue weighted by molar-refractivity contribution is 7.11. The molecule has 0 radical (unpaired) electrons. The molecule has 1 atom stereocenters. The second-order valence-electron chi connectivity index (χ2n) is 5.59. The zero-order valence-electron chi connectivity index (χ0n) is 12.6. The van der Waals surface area contributed by atoms with Crippen LogP contribution in [-0.4, -0.2) is 43.8 Å². The minimum absolute atomic E-state index is 0.115. The molecule has 6 nitrogen and oxygen atoms in total. The average Bonchev–Trinajstić information content (AvgIpc) is 3.16. The van der Waals surface area contributed by atoms with Gasteiger partial charge in [0.1, 0.15) is 5.01 Å². The quantitative estimate of drug-likeness (QED) is 0.916. The Morgan fingerprint density at radius 3 is 3.09 bits per heavy atom. The van der Waals surface area contributed by atoms with Gasteiger partial charge in [0.2, 0.25) is 0 Å². The second-order valence-corrected chi connectivity index (χ2v) is 6.79. The topological polar surface area (TPSA) is 71.2 Å². The van der Waals surface area contributed by atoms with Gasteiger partial charge in [0, 0.05) is 23.8 Å². The number of piperidine rings is 1. The normalized spacial score (nSPS) is 19.4. The molecule has 3 rings (SSSR count). The van der Waals surface area contributed by atoms with Crippen LogP contribution in [0.5, 0.6) is 0 Å². The summed E-state index contributed by atoms with van der Waals surface area (Å²) in [5, 5.41) is 14.3. The first-order valence-electron chi connectivity index (χ1n) is 7.60. The van der Waals surface area contributed by atoms with E-state index in [1.54, 1.807) is 28.3 Å². The van der Waals surface area contributed by atoms with E-state index in [2.05, 4.69) is 21.9 Å². The predicted octanol–water partition coefficient (Wildman–Crippen LogP) is 2.44. The molecule has 0 spiro atoms. The monoisotopic (exact) mass is 320 g/mol. The molecular weight excluding hydrogens is 300 g/mol. The zero-order chi connectivity index (χ0) is 15.5. The molecule has 1 saturated heterocycles. The molecule has 2 aromatic rings. The summed E-state index contributed by atoms with van der Waals surface area (Å²) in [5.74, 6) is -0.971. The molecule has 22 heavy (non-hydrogen) atoms. The van der Waals surface area contributed by atoms with Crippen molar-refractivity contribution in [1.82, 2.24) is 19.7 Å². The van der Waals surface area contributed by atoms with Gasteiger partial charge in [-0.3, -0.25) is 9.58 Å². The smallest absolute Gasteiger partial charge is 0.356 e. The fourth-order valence-electron chi connectivity index (χ4n) is 2.82. The van der Waals surface area contributed by atoms with Crippen molar-refractivity contribution in [3.8, 4) is 0 Å².